The highest BCUT2D eigenvalue weighted by Crippen LogP contribution is 2.41. The van der Waals surface area contributed by atoms with Gasteiger partial charge in [-0.25, -0.2) is 0 Å². The molecule has 2 amide bonds. The average molecular weight is 536 g/mol. The van der Waals surface area contributed by atoms with Crippen molar-refractivity contribution in [2.75, 3.05) is 58.1 Å². The first-order valence-corrected chi connectivity index (χ1v) is 12.7. The third kappa shape index (κ3) is 5.07. The third-order valence-electron chi connectivity index (χ3n) is 6.53. The first kappa shape index (κ1) is 25.7. The van der Waals surface area contributed by atoms with Crippen LogP contribution in [0.3, 0.4) is 0 Å². The van der Waals surface area contributed by atoms with E-state index in [0.717, 1.165) is 17.7 Å². The van der Waals surface area contributed by atoms with E-state index in [0.29, 0.717) is 64.6 Å². The van der Waals surface area contributed by atoms with E-state index in [4.69, 9.17) is 21.1 Å². The van der Waals surface area contributed by atoms with Crippen LogP contribution in [-0.4, -0.2) is 73.6 Å². The molecule has 2 aromatic carbocycles. The summed E-state index contributed by atoms with van der Waals surface area (Å²) in [4.78, 5) is 30.1. The number of benzene rings is 2. The van der Waals surface area contributed by atoms with Gasteiger partial charge >= 0.3 is 0 Å². The molecule has 5 rings (SSSR count). The number of halogens is 1. The number of hydrogen-bond acceptors (Lipinski definition) is 6. The lowest BCUT2D eigenvalue weighted by Gasteiger charge is -2.20. The van der Waals surface area contributed by atoms with Crippen LogP contribution >= 0.6 is 11.6 Å². The van der Waals surface area contributed by atoms with Crippen molar-refractivity contribution in [1.82, 2.24) is 14.4 Å². The van der Waals surface area contributed by atoms with Crippen molar-refractivity contribution in [3.05, 3.63) is 70.5 Å². The van der Waals surface area contributed by atoms with E-state index in [1.165, 1.54) is 0 Å². The second-order valence-electron chi connectivity index (χ2n) is 9.63. The van der Waals surface area contributed by atoms with Crippen LogP contribution in [-0.2, 0) is 11.8 Å². The number of carbonyl (C=O) groups is 2. The molecular formula is C28H30ClN5O4. The number of likely N-dealkylation sites (N-methyl/N-ethyl adjacent to an activating group) is 2. The smallest absolute Gasteiger partial charge is 0.270 e. The highest BCUT2D eigenvalue weighted by molar-refractivity contribution is 6.38. The van der Waals surface area contributed by atoms with Gasteiger partial charge in [0.15, 0.2) is 11.5 Å². The number of anilines is 2. The van der Waals surface area contributed by atoms with Crippen LogP contribution in [0.5, 0.6) is 11.5 Å². The molecule has 0 spiro atoms. The lowest BCUT2D eigenvalue weighted by Crippen LogP contribution is -2.34. The molecule has 0 radical (unpaired) electrons. The van der Waals surface area contributed by atoms with Crippen LogP contribution < -0.4 is 20.1 Å². The molecule has 3 aromatic rings. The summed E-state index contributed by atoms with van der Waals surface area (Å²) in [5.74, 6) is 0.917. The van der Waals surface area contributed by atoms with Gasteiger partial charge < -0.3 is 34.5 Å². The summed E-state index contributed by atoms with van der Waals surface area (Å²) in [5, 5.41) is 6.87. The topological polar surface area (TPSA) is 88.1 Å². The molecule has 0 atom stereocenters. The molecule has 0 unspecified atom stereocenters. The Morgan fingerprint density at radius 2 is 1.82 bits per heavy atom. The highest BCUT2D eigenvalue weighted by Gasteiger charge is 2.30. The van der Waals surface area contributed by atoms with Crippen LogP contribution in [0.25, 0.3) is 11.3 Å². The van der Waals surface area contributed by atoms with Crippen molar-refractivity contribution in [1.29, 1.82) is 0 Å². The predicted molar refractivity (Wildman–Crippen MR) is 149 cm³/mol. The highest BCUT2D eigenvalue weighted by atomic mass is 35.5. The summed E-state index contributed by atoms with van der Waals surface area (Å²) < 4.78 is 13.3. The fraction of sp³-hybridized carbons (Fsp3) is 0.286. The zero-order valence-corrected chi connectivity index (χ0v) is 22.6. The summed E-state index contributed by atoms with van der Waals surface area (Å²) in [6, 6.07) is 12.7. The van der Waals surface area contributed by atoms with Gasteiger partial charge in [-0.1, -0.05) is 17.7 Å². The van der Waals surface area contributed by atoms with Gasteiger partial charge in [-0.3, -0.25) is 9.59 Å². The van der Waals surface area contributed by atoms with Gasteiger partial charge in [-0.15, -0.1) is 0 Å². The Bertz CT molecular complexity index is 1440. The van der Waals surface area contributed by atoms with Crippen molar-refractivity contribution in [2.24, 2.45) is 7.05 Å². The number of amides is 2. The summed E-state index contributed by atoms with van der Waals surface area (Å²) in [6.07, 6.45) is 1.83. The maximum absolute atomic E-state index is 13.3. The van der Waals surface area contributed by atoms with Crippen molar-refractivity contribution >= 4 is 46.1 Å². The number of hydrogen-bond donors (Lipinski definition) is 2. The second kappa shape index (κ2) is 10.4. The van der Waals surface area contributed by atoms with Gasteiger partial charge in [0.2, 0.25) is 0 Å². The number of carbonyl (C=O) groups excluding carboxylic acids is 2. The monoisotopic (exact) mass is 535 g/mol. The summed E-state index contributed by atoms with van der Waals surface area (Å²) in [6.45, 7) is 2.30. The van der Waals surface area contributed by atoms with Crippen LogP contribution in [0, 0.1) is 0 Å². The number of aromatic nitrogens is 1. The summed E-state index contributed by atoms with van der Waals surface area (Å²) in [7, 11) is 7.57. The van der Waals surface area contributed by atoms with Crippen LogP contribution in [0.4, 0.5) is 11.4 Å². The van der Waals surface area contributed by atoms with Crippen LogP contribution in [0.2, 0.25) is 5.02 Å². The SMILES string of the molecule is CN(C)CCN(C)C(=O)c1cc(NC(=C2C(=O)Nc3cc(Cl)ccc32)c2ccc3c(c2)OCCO3)cn1C. The summed E-state index contributed by atoms with van der Waals surface area (Å²) >= 11 is 6.18. The van der Waals surface area contributed by atoms with Crippen molar-refractivity contribution in [3.63, 3.8) is 0 Å². The Morgan fingerprint density at radius 3 is 2.58 bits per heavy atom. The number of aryl methyl sites for hydroxylation is 1. The summed E-state index contributed by atoms with van der Waals surface area (Å²) in [5.41, 5.74) is 4.35. The number of nitrogens with one attached hydrogen (secondary N) is 2. The molecule has 0 saturated heterocycles. The Balaban J connectivity index is 1.56. The molecule has 0 fully saturated rings. The van der Waals surface area contributed by atoms with Gasteiger partial charge in [0.1, 0.15) is 18.9 Å². The maximum atomic E-state index is 13.3. The number of nitrogens with zero attached hydrogens (tertiary/aromatic N) is 3. The molecule has 0 bridgehead atoms. The van der Waals surface area contributed by atoms with E-state index in [1.54, 1.807) is 34.7 Å². The molecule has 2 aliphatic rings. The van der Waals surface area contributed by atoms with E-state index in [-0.39, 0.29) is 11.8 Å². The molecule has 1 aromatic heterocycles. The normalized spacial score (nSPS) is 15.3. The largest absolute Gasteiger partial charge is 0.486 e. The Labute approximate surface area is 226 Å². The molecule has 0 aliphatic carbocycles. The van der Waals surface area contributed by atoms with E-state index >= 15 is 0 Å². The predicted octanol–water partition coefficient (Wildman–Crippen LogP) is 4.02. The number of fused-ring (bicyclic) bond motifs is 2. The molecular weight excluding hydrogens is 506 g/mol. The van der Waals surface area contributed by atoms with Crippen LogP contribution in [0.1, 0.15) is 21.6 Å². The molecule has 2 N–H and O–H groups in total. The minimum absolute atomic E-state index is 0.0884. The lowest BCUT2D eigenvalue weighted by atomic mass is 9.99. The van der Waals surface area contributed by atoms with Gasteiger partial charge in [0, 0.05) is 49.5 Å². The molecule has 3 heterocycles. The minimum Gasteiger partial charge on any atom is -0.486 e. The van der Waals surface area contributed by atoms with Gasteiger partial charge in [-0.2, -0.15) is 0 Å². The first-order valence-electron chi connectivity index (χ1n) is 12.3. The van der Waals surface area contributed by atoms with E-state index in [9.17, 15) is 9.59 Å². The van der Waals surface area contributed by atoms with Crippen molar-refractivity contribution < 1.29 is 19.1 Å². The van der Waals surface area contributed by atoms with Gasteiger partial charge in [-0.05, 0) is 50.5 Å². The van der Waals surface area contributed by atoms with Crippen molar-refractivity contribution in [3.8, 4) is 11.5 Å². The minimum atomic E-state index is -0.254. The standard InChI is InChI=1S/C28H30ClN5O4/c1-32(2)9-10-33(3)28(36)22-15-19(16-34(22)4)30-26(17-5-8-23-24(13-17)38-12-11-37-23)25-20-7-6-18(29)14-21(20)31-27(25)35/h5-8,13-16,30H,9-12H2,1-4H3,(H,31,35). The van der Waals surface area contributed by atoms with Gasteiger partial charge in [0.05, 0.1) is 22.6 Å². The molecule has 198 valence electrons. The first-order chi connectivity index (χ1) is 18.2. The average Bonchev–Trinajstić information content (AvgIpc) is 3.42. The number of ether oxygens (including phenoxy) is 2. The van der Waals surface area contributed by atoms with Crippen molar-refractivity contribution in [2.45, 2.75) is 0 Å². The van der Waals surface area contributed by atoms with Crippen LogP contribution in [0.15, 0.2) is 48.7 Å². The van der Waals surface area contributed by atoms with E-state index in [1.807, 2.05) is 56.5 Å². The quantitative estimate of drug-likeness (QED) is 0.444. The fourth-order valence-electron chi connectivity index (χ4n) is 4.51. The Morgan fingerprint density at radius 1 is 1.05 bits per heavy atom. The zero-order chi connectivity index (χ0) is 27.0. The fourth-order valence-corrected chi connectivity index (χ4v) is 4.68. The maximum Gasteiger partial charge on any atom is 0.270 e. The number of rotatable bonds is 7. The molecule has 10 heteroatoms. The van der Waals surface area contributed by atoms with E-state index in [2.05, 4.69) is 10.6 Å². The molecule has 9 nitrogen and oxygen atoms in total. The Hall–Kier alpha value is -3.95. The molecule has 0 saturated carbocycles. The van der Waals surface area contributed by atoms with E-state index < -0.39 is 0 Å². The molecule has 38 heavy (non-hydrogen) atoms. The molecule has 2 aliphatic heterocycles. The second-order valence-corrected chi connectivity index (χ2v) is 10.1. The zero-order valence-electron chi connectivity index (χ0n) is 21.8. The lowest BCUT2D eigenvalue weighted by molar-refractivity contribution is -0.110. The third-order valence-corrected chi connectivity index (χ3v) is 6.76. The Kier molecular flexibility index (Phi) is 7.05. The van der Waals surface area contributed by atoms with Gasteiger partial charge in [0.25, 0.3) is 11.8 Å².